The Hall–Kier alpha value is -1.23. The molecule has 0 aromatic rings. The molecule has 1 aliphatic carbocycles. The fourth-order valence-electron chi connectivity index (χ4n) is 7.70. The van der Waals surface area contributed by atoms with Crippen LogP contribution in [0.25, 0.3) is 0 Å². The first-order chi connectivity index (χ1) is 26.8. The molecular weight excluding hydrogens is 712 g/mol. The van der Waals surface area contributed by atoms with Crippen molar-refractivity contribution in [2.24, 2.45) is 5.92 Å². The lowest BCUT2D eigenvalue weighted by atomic mass is 9.85. The number of carbonyl (C=O) groups is 1. The van der Waals surface area contributed by atoms with E-state index < -0.39 is 61.3 Å². The van der Waals surface area contributed by atoms with Gasteiger partial charge < -0.3 is 57.2 Å². The summed E-state index contributed by atoms with van der Waals surface area (Å²) in [6.45, 7) is 15.4. The Labute approximate surface area is 330 Å². The second-order valence-electron chi connectivity index (χ2n) is 15.5. The average Bonchev–Trinajstić information content (AvgIpc) is 3.29. The van der Waals surface area contributed by atoms with Crippen LogP contribution in [-0.2, 0) is 56.9 Å². The van der Waals surface area contributed by atoms with Crippen LogP contribution in [0.4, 0.5) is 0 Å². The third-order valence-electron chi connectivity index (χ3n) is 11.1. The molecule has 3 heterocycles. The highest BCUT2D eigenvalue weighted by molar-refractivity contribution is 5.74. The average molecular weight is 787 g/mol. The van der Waals surface area contributed by atoms with Gasteiger partial charge in [-0.3, -0.25) is 0 Å². The van der Waals surface area contributed by atoms with Crippen LogP contribution in [-0.4, -0.2) is 138 Å². The summed E-state index contributed by atoms with van der Waals surface area (Å²) in [5.74, 6) is -0.409. The second kappa shape index (κ2) is 25.3. The van der Waals surface area contributed by atoms with E-state index in [-0.39, 0.29) is 50.0 Å². The van der Waals surface area contributed by atoms with Gasteiger partial charge in [0.1, 0.15) is 42.7 Å². The lowest BCUT2D eigenvalue weighted by Gasteiger charge is -2.49. The van der Waals surface area contributed by atoms with Gasteiger partial charge in [-0.25, -0.2) is 4.79 Å². The molecule has 320 valence electrons. The lowest BCUT2D eigenvalue weighted by molar-refractivity contribution is -0.357. The highest BCUT2D eigenvalue weighted by atomic mass is 16.8. The van der Waals surface area contributed by atoms with Gasteiger partial charge in [-0.15, -0.1) is 0 Å². The maximum absolute atomic E-state index is 12.8. The van der Waals surface area contributed by atoms with E-state index in [1.54, 1.807) is 0 Å². The van der Waals surface area contributed by atoms with Crippen LogP contribution in [0.15, 0.2) is 12.2 Å². The monoisotopic (exact) mass is 787 g/mol. The highest BCUT2D eigenvalue weighted by Crippen LogP contribution is 2.38. The van der Waals surface area contributed by atoms with Crippen LogP contribution in [0.5, 0.6) is 0 Å². The van der Waals surface area contributed by atoms with E-state index >= 15 is 0 Å². The molecule has 0 radical (unpaired) electrons. The molecule has 4 rings (SSSR count). The normalized spacial score (nSPS) is 37.7. The zero-order valence-electron chi connectivity index (χ0n) is 34.8. The SMILES string of the molecule is CCCCOC[C@@H]1O[C@@H](O[C@@H]2CCC[C@@H](C)C2O[C@@H]2OC(C)[C@@H](OCCCC)C(OCCCC)[C@@H]2OCCCC)C2OC/C=C\C[C@H](C(=O)OC)OC2[C@H]1O. The fourth-order valence-corrected chi connectivity index (χ4v) is 7.70. The molecule has 55 heavy (non-hydrogen) atoms. The molecule has 0 aromatic carbocycles. The van der Waals surface area contributed by atoms with E-state index in [1.165, 1.54) is 7.11 Å². The Morgan fingerprint density at radius 3 is 2.05 bits per heavy atom. The number of ether oxygens (including phenoxy) is 11. The molecule has 13 nitrogen and oxygen atoms in total. The third-order valence-corrected chi connectivity index (χ3v) is 11.1. The van der Waals surface area contributed by atoms with Crippen LogP contribution >= 0.6 is 0 Å². The van der Waals surface area contributed by atoms with Gasteiger partial charge in [0.25, 0.3) is 0 Å². The summed E-state index contributed by atoms with van der Waals surface area (Å²) < 4.78 is 70.5. The first kappa shape index (κ1) is 46.5. The van der Waals surface area contributed by atoms with Crippen LogP contribution in [0.2, 0.25) is 0 Å². The maximum Gasteiger partial charge on any atom is 0.335 e. The number of hydrogen-bond donors (Lipinski definition) is 1. The van der Waals surface area contributed by atoms with Crippen LogP contribution in [0.1, 0.15) is 119 Å². The standard InChI is InChI=1S/C42H74O13/c1-8-12-22-46-27-32-33(43)36-38(50-26-17-16-20-31(52-36)40(44)45-7)42(54-32)53-30-21-18-19-28(5)34(30)55-41-39(49-25-15-11-4)37(48-24-14-10-3)35(29(6)51-41)47-23-13-9-2/h16-17,28-39,41-43H,8-15,18-27H2,1-7H3/b17-16-/t28-,29?,30-,31-,32+,33+,34?,35-,36?,37?,38?,39+,41+,42-/m1/s1. The van der Waals surface area contributed by atoms with E-state index in [2.05, 4.69) is 34.6 Å². The molecule has 1 saturated carbocycles. The topological polar surface area (TPSA) is 139 Å². The number of aliphatic hydroxyl groups is 1. The van der Waals surface area contributed by atoms with Gasteiger partial charge >= 0.3 is 5.97 Å². The molecule has 4 aliphatic rings. The predicted octanol–water partition coefficient (Wildman–Crippen LogP) is 6.05. The van der Waals surface area contributed by atoms with Gasteiger partial charge in [-0.05, 0) is 51.4 Å². The Bertz CT molecular complexity index is 1080. The molecule has 2 saturated heterocycles. The Morgan fingerprint density at radius 2 is 1.38 bits per heavy atom. The highest BCUT2D eigenvalue weighted by Gasteiger charge is 2.52. The Kier molecular flexibility index (Phi) is 21.4. The lowest BCUT2D eigenvalue weighted by Crippen LogP contribution is -2.64. The molecule has 14 atom stereocenters. The number of esters is 1. The van der Waals surface area contributed by atoms with E-state index in [9.17, 15) is 9.90 Å². The Morgan fingerprint density at radius 1 is 0.727 bits per heavy atom. The molecule has 1 N–H and O–H groups in total. The van der Waals surface area contributed by atoms with Crippen molar-refractivity contribution in [1.29, 1.82) is 0 Å². The molecule has 3 fully saturated rings. The van der Waals surface area contributed by atoms with Crippen molar-refractivity contribution >= 4 is 5.97 Å². The molecule has 0 bridgehead atoms. The largest absolute Gasteiger partial charge is 0.467 e. The number of aliphatic hydroxyl groups excluding tert-OH is 1. The van der Waals surface area contributed by atoms with Gasteiger partial charge in [0, 0.05) is 32.8 Å². The molecule has 3 aliphatic heterocycles. The Balaban J connectivity index is 1.61. The zero-order chi connectivity index (χ0) is 39.6. The van der Waals surface area contributed by atoms with Gasteiger partial charge in [0.05, 0.1) is 38.6 Å². The van der Waals surface area contributed by atoms with Crippen molar-refractivity contribution in [3.05, 3.63) is 12.2 Å². The van der Waals surface area contributed by atoms with Gasteiger partial charge in [-0.2, -0.15) is 0 Å². The fraction of sp³-hybridized carbons (Fsp3) is 0.929. The predicted molar refractivity (Wildman–Crippen MR) is 206 cm³/mol. The van der Waals surface area contributed by atoms with Crippen molar-refractivity contribution in [2.75, 3.05) is 46.8 Å². The summed E-state index contributed by atoms with van der Waals surface area (Å²) in [6.07, 6.45) is 5.56. The first-order valence-corrected chi connectivity index (χ1v) is 21.5. The number of fused-ring (bicyclic) bond motifs is 1. The summed E-state index contributed by atoms with van der Waals surface area (Å²) in [6, 6.07) is 0. The molecular formula is C42H74O13. The van der Waals surface area contributed by atoms with Crippen LogP contribution in [0, 0.1) is 5.92 Å². The van der Waals surface area contributed by atoms with Crippen molar-refractivity contribution in [3.63, 3.8) is 0 Å². The number of carbonyl (C=O) groups excluding carboxylic acids is 1. The van der Waals surface area contributed by atoms with Crippen molar-refractivity contribution in [3.8, 4) is 0 Å². The molecule has 0 aromatic heterocycles. The van der Waals surface area contributed by atoms with E-state index in [4.69, 9.17) is 52.1 Å². The number of methoxy groups -OCH3 is 1. The van der Waals surface area contributed by atoms with Crippen molar-refractivity contribution in [2.45, 2.75) is 198 Å². The third kappa shape index (κ3) is 13.7. The first-order valence-electron chi connectivity index (χ1n) is 21.5. The zero-order valence-corrected chi connectivity index (χ0v) is 34.8. The van der Waals surface area contributed by atoms with Crippen molar-refractivity contribution < 1.29 is 62.0 Å². The van der Waals surface area contributed by atoms with Gasteiger partial charge in [-0.1, -0.05) is 78.9 Å². The minimum absolute atomic E-state index is 0.120. The van der Waals surface area contributed by atoms with Crippen LogP contribution in [0.3, 0.4) is 0 Å². The van der Waals surface area contributed by atoms with Crippen molar-refractivity contribution in [1.82, 2.24) is 0 Å². The minimum atomic E-state index is -1.15. The second-order valence-corrected chi connectivity index (χ2v) is 15.5. The van der Waals surface area contributed by atoms with Gasteiger partial charge in [0.15, 0.2) is 18.7 Å². The van der Waals surface area contributed by atoms with E-state index in [0.29, 0.717) is 32.8 Å². The van der Waals surface area contributed by atoms with E-state index in [0.717, 1.165) is 64.2 Å². The summed E-state index contributed by atoms with van der Waals surface area (Å²) in [4.78, 5) is 12.8. The maximum atomic E-state index is 12.8. The molecule has 0 spiro atoms. The molecule has 0 amide bonds. The summed E-state index contributed by atoms with van der Waals surface area (Å²) in [5, 5.41) is 11.7. The molecule has 13 heteroatoms. The smallest absolute Gasteiger partial charge is 0.335 e. The van der Waals surface area contributed by atoms with E-state index in [1.807, 2.05) is 19.1 Å². The summed E-state index contributed by atoms with van der Waals surface area (Å²) in [7, 11) is 1.33. The number of hydrogen-bond acceptors (Lipinski definition) is 13. The summed E-state index contributed by atoms with van der Waals surface area (Å²) in [5.41, 5.74) is 0. The molecule has 5 unspecified atom stereocenters. The number of rotatable bonds is 22. The number of unbranched alkanes of at least 4 members (excludes halogenated alkanes) is 4. The summed E-state index contributed by atoms with van der Waals surface area (Å²) >= 11 is 0. The van der Waals surface area contributed by atoms with Gasteiger partial charge in [0.2, 0.25) is 0 Å². The van der Waals surface area contributed by atoms with Crippen LogP contribution < -0.4 is 0 Å². The quantitative estimate of drug-likeness (QED) is 0.0775. The minimum Gasteiger partial charge on any atom is -0.467 e.